The van der Waals surface area contributed by atoms with Gasteiger partial charge >= 0.3 is 0 Å². The summed E-state index contributed by atoms with van der Waals surface area (Å²) in [5.41, 5.74) is 1.74. The van der Waals surface area contributed by atoms with Crippen molar-refractivity contribution in [3.63, 3.8) is 0 Å². The molecule has 0 saturated carbocycles. The summed E-state index contributed by atoms with van der Waals surface area (Å²) in [5, 5.41) is 12.2. The van der Waals surface area contributed by atoms with Crippen molar-refractivity contribution in [2.24, 2.45) is 0 Å². The maximum atomic E-state index is 14.2. The third-order valence-electron chi connectivity index (χ3n) is 4.53. The Hall–Kier alpha value is -4.02. The molecule has 31 heavy (non-hydrogen) atoms. The van der Waals surface area contributed by atoms with Crippen LogP contribution in [0.5, 0.6) is 0 Å². The van der Waals surface area contributed by atoms with Crippen molar-refractivity contribution in [2.75, 3.05) is 5.32 Å². The molecule has 152 valence electrons. The molecule has 3 aromatic carbocycles. The molecule has 0 atom stereocenters. The highest BCUT2D eigenvalue weighted by Gasteiger charge is 2.18. The molecule has 8 heteroatoms. The van der Waals surface area contributed by atoms with Crippen LogP contribution in [0.15, 0.2) is 66.7 Å². The quantitative estimate of drug-likeness (QED) is 0.426. The number of imidazole rings is 1. The Bertz CT molecular complexity index is 1310. The number of hydrogen-bond acceptors (Lipinski definition) is 3. The van der Waals surface area contributed by atoms with Gasteiger partial charge in [0.25, 0.3) is 5.91 Å². The summed E-state index contributed by atoms with van der Waals surface area (Å²) in [6.07, 6.45) is 0. The number of carbonyl (C=O) groups is 1. The minimum absolute atomic E-state index is 0.0614. The molecule has 0 radical (unpaired) electrons. The Kier molecular flexibility index (Phi) is 5.48. The van der Waals surface area contributed by atoms with E-state index in [2.05, 4.69) is 15.3 Å². The van der Waals surface area contributed by atoms with Crippen molar-refractivity contribution < 1.29 is 13.6 Å². The standard InChI is InChI=1S/C23H13ClF2N4O/c24-17-5-2-6-18(26)20(17)22-29-19(12-27)21(30-22)13-7-9-14(10-8-13)23(31)28-16-4-1-3-15(25)11-16/h1-11H,(H,28,31)(H,29,30). The molecule has 0 aliphatic carbocycles. The second-order valence-electron chi connectivity index (χ2n) is 6.56. The molecule has 0 aliphatic rings. The van der Waals surface area contributed by atoms with E-state index < -0.39 is 17.5 Å². The summed E-state index contributed by atoms with van der Waals surface area (Å²) in [5.74, 6) is -1.31. The van der Waals surface area contributed by atoms with Crippen LogP contribution in [-0.2, 0) is 0 Å². The SMILES string of the molecule is N#Cc1nc(-c2c(F)cccc2Cl)[nH]c1-c1ccc(C(=O)Nc2cccc(F)c2)cc1. The maximum Gasteiger partial charge on any atom is 0.255 e. The zero-order chi connectivity index (χ0) is 22.0. The molecule has 1 amide bonds. The summed E-state index contributed by atoms with van der Waals surface area (Å²) in [7, 11) is 0. The van der Waals surface area contributed by atoms with Crippen molar-refractivity contribution in [2.45, 2.75) is 0 Å². The lowest BCUT2D eigenvalue weighted by Crippen LogP contribution is -2.11. The fourth-order valence-electron chi connectivity index (χ4n) is 3.06. The lowest BCUT2D eigenvalue weighted by molar-refractivity contribution is 0.102. The predicted octanol–water partition coefficient (Wildman–Crippen LogP) is 5.80. The zero-order valence-corrected chi connectivity index (χ0v) is 16.5. The van der Waals surface area contributed by atoms with E-state index in [0.29, 0.717) is 22.5 Å². The molecule has 0 bridgehead atoms. The number of benzene rings is 3. The molecule has 0 spiro atoms. The fourth-order valence-corrected chi connectivity index (χ4v) is 3.32. The van der Waals surface area contributed by atoms with Crippen molar-refractivity contribution in [3.05, 3.63) is 94.6 Å². The van der Waals surface area contributed by atoms with Gasteiger partial charge in [0.15, 0.2) is 5.69 Å². The number of nitrogens with zero attached hydrogens (tertiary/aromatic N) is 2. The van der Waals surface area contributed by atoms with Crippen molar-refractivity contribution in [3.8, 4) is 28.7 Å². The average Bonchev–Trinajstić information content (AvgIpc) is 3.18. The second kappa shape index (κ2) is 8.38. The van der Waals surface area contributed by atoms with E-state index in [9.17, 15) is 18.8 Å². The second-order valence-corrected chi connectivity index (χ2v) is 6.97. The first kappa shape index (κ1) is 20.3. The molecule has 0 saturated heterocycles. The molecule has 4 rings (SSSR count). The summed E-state index contributed by atoms with van der Waals surface area (Å²) >= 11 is 6.10. The lowest BCUT2D eigenvalue weighted by atomic mass is 10.1. The maximum absolute atomic E-state index is 14.2. The number of H-pyrrole nitrogens is 1. The zero-order valence-electron chi connectivity index (χ0n) is 15.8. The van der Waals surface area contributed by atoms with Crippen LogP contribution in [0.2, 0.25) is 5.02 Å². The Morgan fingerprint density at radius 1 is 1.06 bits per heavy atom. The van der Waals surface area contributed by atoms with Gasteiger partial charge in [-0.05, 0) is 42.5 Å². The minimum Gasteiger partial charge on any atom is -0.337 e. The van der Waals surface area contributed by atoms with Gasteiger partial charge in [-0.25, -0.2) is 13.8 Å². The number of nitrogens with one attached hydrogen (secondary N) is 2. The van der Waals surface area contributed by atoms with Gasteiger partial charge in [-0.1, -0.05) is 35.9 Å². The van der Waals surface area contributed by atoms with E-state index in [0.717, 1.165) is 0 Å². The summed E-state index contributed by atoms with van der Waals surface area (Å²) < 4.78 is 27.5. The van der Waals surface area contributed by atoms with E-state index in [1.54, 1.807) is 30.3 Å². The fraction of sp³-hybridized carbons (Fsp3) is 0. The van der Waals surface area contributed by atoms with Crippen LogP contribution in [-0.4, -0.2) is 15.9 Å². The van der Waals surface area contributed by atoms with Crippen LogP contribution in [0.1, 0.15) is 16.1 Å². The van der Waals surface area contributed by atoms with Crippen molar-refractivity contribution in [1.82, 2.24) is 9.97 Å². The molecule has 4 aromatic rings. The Morgan fingerprint density at radius 3 is 2.48 bits per heavy atom. The third kappa shape index (κ3) is 4.15. The number of rotatable bonds is 4. The summed E-state index contributed by atoms with van der Waals surface area (Å²) in [6.45, 7) is 0. The first-order valence-corrected chi connectivity index (χ1v) is 9.46. The highest BCUT2D eigenvalue weighted by atomic mass is 35.5. The van der Waals surface area contributed by atoms with Crippen molar-refractivity contribution >= 4 is 23.2 Å². The first-order chi connectivity index (χ1) is 15.0. The smallest absolute Gasteiger partial charge is 0.255 e. The van der Waals surface area contributed by atoms with Gasteiger partial charge < -0.3 is 10.3 Å². The number of aromatic amines is 1. The normalized spacial score (nSPS) is 10.5. The topological polar surface area (TPSA) is 81.6 Å². The molecular formula is C23H13ClF2N4O. The highest BCUT2D eigenvalue weighted by Crippen LogP contribution is 2.32. The molecular weight excluding hydrogens is 422 g/mol. The number of carbonyl (C=O) groups excluding carboxylic acids is 1. The Morgan fingerprint density at radius 2 is 1.81 bits per heavy atom. The average molecular weight is 435 g/mol. The van der Waals surface area contributed by atoms with Crippen LogP contribution >= 0.6 is 11.6 Å². The number of halogens is 3. The number of aromatic nitrogens is 2. The molecule has 1 aromatic heterocycles. The van der Waals surface area contributed by atoms with E-state index in [1.165, 1.54) is 36.4 Å². The summed E-state index contributed by atoms with van der Waals surface area (Å²) in [4.78, 5) is 19.5. The van der Waals surface area contributed by atoms with Crippen LogP contribution in [0, 0.1) is 23.0 Å². The van der Waals surface area contributed by atoms with E-state index in [-0.39, 0.29) is 22.1 Å². The van der Waals surface area contributed by atoms with Crippen LogP contribution in [0.3, 0.4) is 0 Å². The van der Waals surface area contributed by atoms with Gasteiger partial charge in [0.1, 0.15) is 23.5 Å². The van der Waals surface area contributed by atoms with Crippen LogP contribution < -0.4 is 5.32 Å². The number of hydrogen-bond donors (Lipinski definition) is 2. The van der Waals surface area contributed by atoms with Crippen LogP contribution in [0.4, 0.5) is 14.5 Å². The molecule has 0 aliphatic heterocycles. The minimum atomic E-state index is -0.568. The molecule has 2 N–H and O–H groups in total. The predicted molar refractivity (Wildman–Crippen MR) is 113 cm³/mol. The van der Waals surface area contributed by atoms with Gasteiger partial charge in [0.2, 0.25) is 0 Å². The number of nitriles is 1. The van der Waals surface area contributed by atoms with E-state index in [4.69, 9.17) is 11.6 Å². The summed E-state index contributed by atoms with van der Waals surface area (Å²) in [6, 6.07) is 18.2. The van der Waals surface area contributed by atoms with Gasteiger partial charge in [-0.15, -0.1) is 0 Å². The monoisotopic (exact) mass is 434 g/mol. The van der Waals surface area contributed by atoms with Gasteiger partial charge in [-0.3, -0.25) is 4.79 Å². The first-order valence-electron chi connectivity index (χ1n) is 9.08. The van der Waals surface area contributed by atoms with E-state index >= 15 is 0 Å². The molecule has 0 unspecified atom stereocenters. The number of amides is 1. The van der Waals surface area contributed by atoms with E-state index in [1.807, 2.05) is 6.07 Å². The molecule has 1 heterocycles. The lowest BCUT2D eigenvalue weighted by Gasteiger charge is -2.06. The largest absolute Gasteiger partial charge is 0.337 e. The molecule has 0 fully saturated rings. The van der Waals surface area contributed by atoms with Crippen molar-refractivity contribution in [1.29, 1.82) is 5.26 Å². The Labute approximate surface area is 180 Å². The highest BCUT2D eigenvalue weighted by molar-refractivity contribution is 6.33. The number of anilines is 1. The molecule has 5 nitrogen and oxygen atoms in total. The third-order valence-corrected chi connectivity index (χ3v) is 4.84. The van der Waals surface area contributed by atoms with Crippen LogP contribution in [0.25, 0.3) is 22.6 Å². The Balaban J connectivity index is 1.63. The van der Waals surface area contributed by atoms with Gasteiger partial charge in [0, 0.05) is 16.8 Å². The van der Waals surface area contributed by atoms with Gasteiger partial charge in [-0.2, -0.15) is 5.26 Å². The van der Waals surface area contributed by atoms with Gasteiger partial charge in [0.05, 0.1) is 16.3 Å².